The molecule has 3 amide bonds. The molecule has 1 fully saturated rings. The second-order valence-electron chi connectivity index (χ2n) is 8.17. The molecule has 0 aromatic heterocycles. The Morgan fingerprint density at radius 2 is 1.94 bits per heavy atom. The molecule has 1 atom stereocenters. The molecule has 0 spiro atoms. The van der Waals surface area contributed by atoms with Crippen LogP contribution in [0.4, 0.5) is 16.2 Å². The Morgan fingerprint density at radius 1 is 1.21 bits per heavy atom. The quantitative estimate of drug-likeness (QED) is 0.444. The van der Waals surface area contributed by atoms with E-state index in [2.05, 4.69) is 10.6 Å². The molecule has 2 aromatic carbocycles. The number of benzene rings is 2. The lowest BCUT2D eigenvalue weighted by atomic mass is 9.97. The second-order valence-corrected chi connectivity index (χ2v) is 8.17. The molecule has 182 valence electrons. The summed E-state index contributed by atoms with van der Waals surface area (Å²) in [6.45, 7) is 5.33. The predicted molar refractivity (Wildman–Crippen MR) is 128 cm³/mol. The van der Waals surface area contributed by atoms with Gasteiger partial charge < -0.3 is 25.0 Å². The fourth-order valence-electron chi connectivity index (χ4n) is 3.94. The highest BCUT2D eigenvalue weighted by atomic mass is 16.6. The fourth-order valence-corrected chi connectivity index (χ4v) is 3.94. The summed E-state index contributed by atoms with van der Waals surface area (Å²) >= 11 is 0. The van der Waals surface area contributed by atoms with Gasteiger partial charge in [0.05, 0.1) is 24.7 Å². The van der Waals surface area contributed by atoms with E-state index in [0.29, 0.717) is 31.9 Å². The topological polar surface area (TPSA) is 123 Å². The Kier molecular flexibility index (Phi) is 8.29. The first-order chi connectivity index (χ1) is 16.3. The number of carbonyl (C=O) groups excluding carboxylic acids is 2. The number of rotatable bonds is 8. The number of piperidine rings is 1. The van der Waals surface area contributed by atoms with E-state index in [1.165, 1.54) is 19.2 Å². The van der Waals surface area contributed by atoms with Gasteiger partial charge >= 0.3 is 6.03 Å². The number of methoxy groups -OCH3 is 1. The highest BCUT2D eigenvalue weighted by Crippen LogP contribution is 2.36. The number of ether oxygens (including phenoxy) is 2. The number of amides is 3. The zero-order valence-electron chi connectivity index (χ0n) is 19.6. The first kappa shape index (κ1) is 24.8. The van der Waals surface area contributed by atoms with Crippen molar-refractivity contribution in [3.8, 4) is 11.5 Å². The largest absolute Gasteiger partial charge is 0.493 e. The van der Waals surface area contributed by atoms with Crippen LogP contribution in [0.2, 0.25) is 0 Å². The second kappa shape index (κ2) is 11.4. The predicted octanol–water partition coefficient (Wildman–Crippen LogP) is 3.98. The monoisotopic (exact) mass is 470 g/mol. The number of urea groups is 1. The van der Waals surface area contributed by atoms with E-state index in [4.69, 9.17) is 9.47 Å². The molecule has 0 radical (unpaired) electrons. The van der Waals surface area contributed by atoms with Crippen LogP contribution in [0, 0.1) is 23.0 Å². The van der Waals surface area contributed by atoms with Gasteiger partial charge in [-0.2, -0.15) is 0 Å². The zero-order chi connectivity index (χ0) is 24.7. The smallest absolute Gasteiger partial charge is 0.319 e. The summed E-state index contributed by atoms with van der Waals surface area (Å²) in [5, 5.41) is 17.3. The number of nitrogens with zero attached hydrogens (tertiary/aromatic N) is 2. The van der Waals surface area contributed by atoms with Crippen LogP contribution >= 0.6 is 0 Å². The van der Waals surface area contributed by atoms with Gasteiger partial charge in [-0.05, 0) is 44.7 Å². The molecular formula is C24H30N4O6. The number of aryl methyl sites for hydroxylation is 1. The highest BCUT2D eigenvalue weighted by Gasteiger charge is 2.31. The van der Waals surface area contributed by atoms with Gasteiger partial charge in [0.1, 0.15) is 5.56 Å². The molecule has 10 nitrogen and oxygen atoms in total. The van der Waals surface area contributed by atoms with Gasteiger partial charge in [-0.3, -0.25) is 14.9 Å². The van der Waals surface area contributed by atoms with Crippen molar-refractivity contribution in [2.24, 2.45) is 5.92 Å². The van der Waals surface area contributed by atoms with Crippen molar-refractivity contribution >= 4 is 23.3 Å². The maximum Gasteiger partial charge on any atom is 0.319 e. The molecule has 0 saturated carbocycles. The van der Waals surface area contributed by atoms with Crippen molar-refractivity contribution in [1.82, 2.24) is 10.2 Å². The maximum atomic E-state index is 13.3. The Labute approximate surface area is 198 Å². The number of carbonyl (C=O) groups is 2. The van der Waals surface area contributed by atoms with Crippen LogP contribution in [0.3, 0.4) is 0 Å². The molecular weight excluding hydrogens is 440 g/mol. The molecule has 1 unspecified atom stereocenters. The van der Waals surface area contributed by atoms with Gasteiger partial charge in [-0.15, -0.1) is 0 Å². The van der Waals surface area contributed by atoms with Crippen LogP contribution in [0.5, 0.6) is 11.5 Å². The minimum Gasteiger partial charge on any atom is -0.493 e. The van der Waals surface area contributed by atoms with Crippen LogP contribution in [-0.2, 0) is 0 Å². The van der Waals surface area contributed by atoms with Gasteiger partial charge in [0.25, 0.3) is 11.6 Å². The average Bonchev–Trinajstić information content (AvgIpc) is 2.83. The van der Waals surface area contributed by atoms with E-state index in [-0.39, 0.29) is 34.7 Å². The molecule has 1 aliphatic heterocycles. The fraction of sp³-hybridized carbons (Fsp3) is 0.417. The molecule has 3 rings (SSSR count). The number of likely N-dealkylation sites (tertiary alicyclic amines) is 1. The van der Waals surface area contributed by atoms with Gasteiger partial charge in [-0.1, -0.05) is 17.7 Å². The van der Waals surface area contributed by atoms with Crippen molar-refractivity contribution in [2.45, 2.75) is 26.7 Å². The molecule has 10 heteroatoms. The minimum atomic E-state index is -0.593. The normalized spacial score (nSPS) is 15.4. The SMILES string of the molecule is CCOc1cc(C(=O)N2CCCC(CNC(=O)Nc3ccc(C)cc3)C2)c([N+](=O)[O-])cc1OC. The molecule has 34 heavy (non-hydrogen) atoms. The van der Waals surface area contributed by atoms with E-state index in [1.807, 2.05) is 31.2 Å². The molecule has 0 bridgehead atoms. The van der Waals surface area contributed by atoms with E-state index in [9.17, 15) is 19.7 Å². The maximum absolute atomic E-state index is 13.3. The number of nitro groups is 1. The lowest BCUT2D eigenvalue weighted by molar-refractivity contribution is -0.385. The van der Waals surface area contributed by atoms with E-state index in [0.717, 1.165) is 18.4 Å². The summed E-state index contributed by atoms with van der Waals surface area (Å²) in [7, 11) is 1.39. The van der Waals surface area contributed by atoms with Crippen LogP contribution in [-0.4, -0.2) is 55.1 Å². The highest BCUT2D eigenvalue weighted by molar-refractivity contribution is 5.99. The summed E-state index contributed by atoms with van der Waals surface area (Å²) in [6.07, 6.45) is 1.57. The Hall–Kier alpha value is -3.82. The summed E-state index contributed by atoms with van der Waals surface area (Å²) in [4.78, 5) is 38.2. The first-order valence-electron chi connectivity index (χ1n) is 11.2. The summed E-state index contributed by atoms with van der Waals surface area (Å²) in [5.74, 6) is 0.0709. The number of hydrogen-bond donors (Lipinski definition) is 2. The number of nitro benzene ring substituents is 1. The van der Waals surface area contributed by atoms with Gasteiger partial charge in [0.2, 0.25) is 0 Å². The molecule has 2 N–H and O–H groups in total. The molecule has 1 heterocycles. The molecule has 1 saturated heterocycles. The van der Waals surface area contributed by atoms with Crippen molar-refractivity contribution in [2.75, 3.05) is 38.7 Å². The van der Waals surface area contributed by atoms with Gasteiger partial charge in [-0.25, -0.2) is 4.79 Å². The molecule has 0 aliphatic carbocycles. The van der Waals surface area contributed by atoms with Gasteiger partial charge in [0.15, 0.2) is 11.5 Å². The van der Waals surface area contributed by atoms with Gasteiger partial charge in [0, 0.05) is 31.4 Å². The van der Waals surface area contributed by atoms with Crippen LogP contribution in [0.15, 0.2) is 36.4 Å². The van der Waals surface area contributed by atoms with Crippen LogP contribution in [0.25, 0.3) is 0 Å². The van der Waals surface area contributed by atoms with Crippen molar-refractivity contribution in [1.29, 1.82) is 0 Å². The standard InChI is InChI=1S/C24H30N4O6/c1-4-34-22-12-19(20(28(31)32)13-21(22)33-3)23(29)27-11-5-6-17(15-27)14-25-24(30)26-18-9-7-16(2)8-10-18/h7-10,12-13,17H,4-6,11,14-15H2,1-3H3,(H2,25,26,30). The summed E-state index contributed by atoms with van der Waals surface area (Å²) < 4.78 is 10.7. The molecule has 1 aliphatic rings. The third-order valence-corrected chi connectivity index (χ3v) is 5.68. The Morgan fingerprint density at radius 3 is 2.59 bits per heavy atom. The Bertz CT molecular complexity index is 1040. The number of nitrogens with one attached hydrogen (secondary N) is 2. The van der Waals surface area contributed by atoms with Crippen molar-refractivity contribution in [3.05, 3.63) is 57.6 Å². The van der Waals surface area contributed by atoms with Crippen LogP contribution < -0.4 is 20.1 Å². The van der Waals surface area contributed by atoms with Crippen molar-refractivity contribution < 1.29 is 24.0 Å². The van der Waals surface area contributed by atoms with E-state index in [1.54, 1.807) is 11.8 Å². The zero-order valence-corrected chi connectivity index (χ0v) is 19.6. The van der Waals surface area contributed by atoms with Crippen LogP contribution in [0.1, 0.15) is 35.7 Å². The molecule has 2 aromatic rings. The van der Waals surface area contributed by atoms with E-state index < -0.39 is 10.8 Å². The summed E-state index contributed by atoms with van der Waals surface area (Å²) in [5.41, 5.74) is 1.42. The third kappa shape index (κ3) is 6.15. The summed E-state index contributed by atoms with van der Waals surface area (Å²) in [6, 6.07) is 9.75. The number of anilines is 1. The average molecular weight is 471 g/mol. The minimum absolute atomic E-state index is 0.0325. The Balaban J connectivity index is 1.66. The lowest BCUT2D eigenvalue weighted by Gasteiger charge is -2.33. The van der Waals surface area contributed by atoms with E-state index >= 15 is 0 Å². The number of hydrogen-bond acceptors (Lipinski definition) is 6. The third-order valence-electron chi connectivity index (χ3n) is 5.68. The first-order valence-corrected chi connectivity index (χ1v) is 11.2. The van der Waals surface area contributed by atoms with Crippen molar-refractivity contribution in [3.63, 3.8) is 0 Å². The lowest BCUT2D eigenvalue weighted by Crippen LogP contribution is -2.44.